The first-order chi connectivity index (χ1) is 5.86. The third-order valence-electron chi connectivity index (χ3n) is 1.84. The predicted octanol–water partition coefficient (Wildman–Crippen LogP) is 0.993. The largest absolute Gasteiger partial charge is 0.283 e. The minimum atomic E-state index is 0.197. The van der Waals surface area contributed by atoms with Crippen LogP contribution in [0.4, 0.5) is 0 Å². The summed E-state index contributed by atoms with van der Waals surface area (Å²) >= 11 is 5.76. The first-order valence-corrected chi connectivity index (χ1v) is 4.21. The molecular weight excluding hydrogens is 174 g/mol. The Bertz CT molecular complexity index is 254. The molecule has 0 bridgehead atoms. The fraction of sp³-hybridized carbons (Fsp3) is 0.250. The summed E-state index contributed by atoms with van der Waals surface area (Å²) in [7, 11) is 0. The van der Waals surface area contributed by atoms with Gasteiger partial charge in [0.25, 0.3) is 0 Å². The average Bonchev–Trinajstić information content (AvgIpc) is 2.58. The van der Waals surface area contributed by atoms with Gasteiger partial charge in [-0.15, -0.1) is 0 Å². The number of hydrogen-bond acceptors (Lipinski definition) is 3. The summed E-state index contributed by atoms with van der Waals surface area (Å²) in [6, 6.07) is 7.77. The standard InChI is InChI=1S/C8H10ClN3/c9-7-3-1-6(2-4-7)8-10-5-11-12-8/h1-4,8,10-12H,5H2. The Balaban J connectivity index is 2.17. The van der Waals surface area contributed by atoms with Gasteiger partial charge in [0.15, 0.2) is 0 Å². The number of nitrogens with one attached hydrogen (secondary N) is 3. The van der Waals surface area contributed by atoms with Gasteiger partial charge in [-0.2, -0.15) is 0 Å². The highest BCUT2D eigenvalue weighted by Crippen LogP contribution is 2.14. The Hall–Kier alpha value is -0.610. The summed E-state index contributed by atoms with van der Waals surface area (Å²) in [6.45, 7) is 0.785. The van der Waals surface area contributed by atoms with Crippen molar-refractivity contribution >= 4 is 11.6 Å². The lowest BCUT2D eigenvalue weighted by Gasteiger charge is -2.09. The zero-order valence-electron chi connectivity index (χ0n) is 6.47. The van der Waals surface area contributed by atoms with Crippen molar-refractivity contribution in [2.75, 3.05) is 6.67 Å². The zero-order valence-corrected chi connectivity index (χ0v) is 7.23. The van der Waals surface area contributed by atoms with Gasteiger partial charge in [-0.05, 0) is 17.7 Å². The van der Waals surface area contributed by atoms with Gasteiger partial charge < -0.3 is 0 Å². The van der Waals surface area contributed by atoms with E-state index in [0.717, 1.165) is 11.7 Å². The number of halogens is 1. The van der Waals surface area contributed by atoms with Crippen molar-refractivity contribution in [2.24, 2.45) is 0 Å². The Morgan fingerprint density at radius 1 is 1.25 bits per heavy atom. The first-order valence-electron chi connectivity index (χ1n) is 3.83. The quantitative estimate of drug-likeness (QED) is 0.608. The van der Waals surface area contributed by atoms with Crippen LogP contribution in [-0.4, -0.2) is 6.67 Å². The minimum absolute atomic E-state index is 0.197. The van der Waals surface area contributed by atoms with Crippen LogP contribution in [-0.2, 0) is 0 Å². The van der Waals surface area contributed by atoms with Gasteiger partial charge in [-0.3, -0.25) is 5.32 Å². The molecule has 1 fully saturated rings. The third-order valence-corrected chi connectivity index (χ3v) is 2.10. The second kappa shape index (κ2) is 3.41. The molecule has 12 heavy (non-hydrogen) atoms. The number of benzene rings is 1. The Morgan fingerprint density at radius 2 is 2.00 bits per heavy atom. The highest BCUT2D eigenvalue weighted by atomic mass is 35.5. The van der Waals surface area contributed by atoms with E-state index in [4.69, 9.17) is 11.6 Å². The van der Waals surface area contributed by atoms with Crippen LogP contribution in [0.25, 0.3) is 0 Å². The van der Waals surface area contributed by atoms with Crippen LogP contribution in [0.15, 0.2) is 24.3 Å². The molecule has 4 heteroatoms. The molecule has 0 aromatic heterocycles. The molecule has 1 aromatic rings. The molecule has 0 aliphatic carbocycles. The van der Waals surface area contributed by atoms with E-state index in [9.17, 15) is 0 Å². The molecule has 1 aromatic carbocycles. The molecule has 1 aliphatic rings. The summed E-state index contributed by atoms with van der Waals surface area (Å²) in [5.41, 5.74) is 7.26. The third kappa shape index (κ3) is 1.59. The van der Waals surface area contributed by atoms with Gasteiger partial charge in [0, 0.05) is 5.02 Å². The molecule has 1 unspecified atom stereocenters. The summed E-state index contributed by atoms with van der Waals surface area (Å²) in [5.74, 6) is 0. The van der Waals surface area contributed by atoms with Crippen molar-refractivity contribution in [2.45, 2.75) is 6.17 Å². The summed E-state index contributed by atoms with van der Waals surface area (Å²) in [5, 5.41) is 4.00. The second-order valence-electron chi connectivity index (χ2n) is 2.69. The van der Waals surface area contributed by atoms with E-state index in [1.54, 1.807) is 0 Å². The van der Waals surface area contributed by atoms with E-state index in [-0.39, 0.29) is 6.17 Å². The molecule has 3 nitrogen and oxygen atoms in total. The molecule has 0 spiro atoms. The minimum Gasteiger partial charge on any atom is -0.283 e. The van der Waals surface area contributed by atoms with Crippen LogP contribution < -0.4 is 16.2 Å². The monoisotopic (exact) mass is 183 g/mol. The van der Waals surface area contributed by atoms with Gasteiger partial charge in [0.1, 0.15) is 0 Å². The molecule has 0 amide bonds. The smallest absolute Gasteiger partial charge is 0.0973 e. The molecule has 1 atom stereocenters. The fourth-order valence-electron chi connectivity index (χ4n) is 1.21. The molecule has 0 saturated carbocycles. The van der Waals surface area contributed by atoms with E-state index in [1.165, 1.54) is 5.56 Å². The van der Waals surface area contributed by atoms with Gasteiger partial charge in [-0.1, -0.05) is 23.7 Å². The molecule has 2 rings (SSSR count). The van der Waals surface area contributed by atoms with Crippen molar-refractivity contribution in [3.8, 4) is 0 Å². The lowest BCUT2D eigenvalue weighted by atomic mass is 10.2. The fourth-order valence-corrected chi connectivity index (χ4v) is 1.34. The van der Waals surface area contributed by atoms with Crippen molar-refractivity contribution in [1.82, 2.24) is 16.2 Å². The number of hydrogen-bond donors (Lipinski definition) is 3. The second-order valence-corrected chi connectivity index (χ2v) is 3.12. The zero-order chi connectivity index (χ0) is 8.39. The average molecular weight is 184 g/mol. The van der Waals surface area contributed by atoms with Gasteiger partial charge in [0.05, 0.1) is 12.8 Å². The van der Waals surface area contributed by atoms with Crippen LogP contribution in [0.3, 0.4) is 0 Å². The Labute approximate surface area is 76.1 Å². The van der Waals surface area contributed by atoms with E-state index < -0.39 is 0 Å². The number of rotatable bonds is 1. The van der Waals surface area contributed by atoms with Crippen molar-refractivity contribution in [3.63, 3.8) is 0 Å². The van der Waals surface area contributed by atoms with Crippen LogP contribution in [0.5, 0.6) is 0 Å². The van der Waals surface area contributed by atoms with Crippen LogP contribution in [0.1, 0.15) is 11.7 Å². The maximum absolute atomic E-state index is 5.76. The topological polar surface area (TPSA) is 36.1 Å². The Morgan fingerprint density at radius 3 is 2.58 bits per heavy atom. The molecule has 3 N–H and O–H groups in total. The summed E-state index contributed by atoms with van der Waals surface area (Å²) in [6.07, 6.45) is 0.197. The highest BCUT2D eigenvalue weighted by molar-refractivity contribution is 6.30. The lowest BCUT2D eigenvalue weighted by Crippen LogP contribution is -2.25. The molecular formula is C8H10ClN3. The summed E-state index contributed by atoms with van der Waals surface area (Å²) < 4.78 is 0. The van der Waals surface area contributed by atoms with Gasteiger partial charge in [0.2, 0.25) is 0 Å². The molecule has 1 heterocycles. The summed E-state index contributed by atoms with van der Waals surface area (Å²) in [4.78, 5) is 0. The van der Waals surface area contributed by atoms with Crippen LogP contribution in [0, 0.1) is 0 Å². The van der Waals surface area contributed by atoms with Crippen molar-refractivity contribution in [1.29, 1.82) is 0 Å². The normalized spacial score (nSPS) is 22.9. The molecule has 64 valence electrons. The predicted molar refractivity (Wildman–Crippen MR) is 48.5 cm³/mol. The first kappa shape index (κ1) is 8.01. The number of hydrazine groups is 1. The van der Waals surface area contributed by atoms with Crippen LogP contribution in [0.2, 0.25) is 5.02 Å². The van der Waals surface area contributed by atoms with Crippen molar-refractivity contribution < 1.29 is 0 Å². The maximum Gasteiger partial charge on any atom is 0.0973 e. The lowest BCUT2D eigenvalue weighted by molar-refractivity contribution is 0.555. The maximum atomic E-state index is 5.76. The van der Waals surface area contributed by atoms with E-state index in [1.807, 2.05) is 24.3 Å². The van der Waals surface area contributed by atoms with Gasteiger partial charge >= 0.3 is 0 Å². The molecule has 1 saturated heterocycles. The van der Waals surface area contributed by atoms with E-state index >= 15 is 0 Å². The molecule has 1 aliphatic heterocycles. The van der Waals surface area contributed by atoms with Crippen molar-refractivity contribution in [3.05, 3.63) is 34.9 Å². The Kier molecular flexibility index (Phi) is 2.28. The highest BCUT2D eigenvalue weighted by Gasteiger charge is 2.13. The molecule has 0 radical (unpaired) electrons. The van der Waals surface area contributed by atoms with Gasteiger partial charge in [-0.25, -0.2) is 10.9 Å². The van der Waals surface area contributed by atoms with Crippen LogP contribution >= 0.6 is 11.6 Å². The SMILES string of the molecule is Clc1ccc(C2NCNN2)cc1. The van der Waals surface area contributed by atoms with E-state index in [0.29, 0.717) is 0 Å². The van der Waals surface area contributed by atoms with E-state index in [2.05, 4.69) is 16.2 Å².